The second kappa shape index (κ2) is 7.33. The number of nitrogen functional groups attached to an aromatic ring is 1. The van der Waals surface area contributed by atoms with Crippen molar-refractivity contribution in [1.82, 2.24) is 19.5 Å². The molecule has 29 heavy (non-hydrogen) atoms. The van der Waals surface area contributed by atoms with Gasteiger partial charge in [0.2, 0.25) is 0 Å². The molecule has 0 spiro atoms. The molecule has 0 saturated carbocycles. The second-order valence-electron chi connectivity index (χ2n) is 6.93. The van der Waals surface area contributed by atoms with Crippen molar-refractivity contribution < 1.29 is 0 Å². The summed E-state index contributed by atoms with van der Waals surface area (Å²) in [6, 6.07) is 13.9. The summed E-state index contributed by atoms with van der Waals surface area (Å²) in [7, 11) is 0. The van der Waals surface area contributed by atoms with Gasteiger partial charge in [-0.05, 0) is 62.4 Å². The monoisotopic (exact) mass is 403 g/mol. The quantitative estimate of drug-likeness (QED) is 0.519. The van der Waals surface area contributed by atoms with Gasteiger partial charge in [-0.2, -0.15) is 0 Å². The molecule has 0 radical (unpaired) electrons. The fourth-order valence-electron chi connectivity index (χ4n) is 3.26. The Morgan fingerprint density at radius 1 is 0.931 bits per heavy atom. The van der Waals surface area contributed by atoms with E-state index in [9.17, 15) is 4.79 Å². The minimum Gasteiger partial charge on any atom is -0.383 e. The summed E-state index contributed by atoms with van der Waals surface area (Å²) in [5.41, 5.74) is 9.91. The first kappa shape index (κ1) is 19.1. The Bertz CT molecular complexity index is 1300. The van der Waals surface area contributed by atoms with Crippen LogP contribution in [-0.4, -0.2) is 25.8 Å². The van der Waals surface area contributed by atoms with Crippen LogP contribution in [0.1, 0.15) is 17.0 Å². The van der Waals surface area contributed by atoms with Crippen LogP contribution < -0.4 is 11.3 Å². The summed E-state index contributed by atoms with van der Waals surface area (Å²) < 4.78 is 1.60. The zero-order valence-electron chi connectivity index (χ0n) is 16.7. The van der Waals surface area contributed by atoms with E-state index < -0.39 is 0 Å². The number of benzene rings is 2. The third-order valence-electron chi connectivity index (χ3n) is 4.97. The van der Waals surface area contributed by atoms with Gasteiger partial charge in [0, 0.05) is 10.5 Å². The molecule has 146 valence electrons. The molecule has 2 aromatic carbocycles. The van der Waals surface area contributed by atoms with Gasteiger partial charge in [0.15, 0.2) is 5.65 Å². The van der Waals surface area contributed by atoms with Gasteiger partial charge in [-0.1, -0.05) is 18.2 Å². The minimum absolute atomic E-state index is 0.145. The first-order valence-corrected chi connectivity index (χ1v) is 10.4. The van der Waals surface area contributed by atoms with E-state index in [0.29, 0.717) is 17.3 Å². The molecule has 4 aromatic rings. The van der Waals surface area contributed by atoms with Gasteiger partial charge in [-0.3, -0.25) is 9.36 Å². The Morgan fingerprint density at radius 3 is 2.31 bits per heavy atom. The summed E-state index contributed by atoms with van der Waals surface area (Å²) in [4.78, 5) is 27.9. The fraction of sp³-hybridized carbons (Fsp3) is 0.182. The smallest absolute Gasteiger partial charge is 0.271 e. The first-order valence-electron chi connectivity index (χ1n) is 9.18. The Hall–Kier alpha value is -3.19. The SMILES string of the molecule is CSc1ccc(-c2nc3nc(C)nc(N)c3c(=O)n2-c2ccc(C)c(C)c2)cc1. The lowest BCUT2D eigenvalue weighted by Crippen LogP contribution is -2.24. The summed E-state index contributed by atoms with van der Waals surface area (Å²) in [5, 5.41) is 0.235. The minimum atomic E-state index is -0.278. The number of hydrogen-bond acceptors (Lipinski definition) is 6. The largest absolute Gasteiger partial charge is 0.383 e. The maximum absolute atomic E-state index is 13.5. The van der Waals surface area contributed by atoms with E-state index >= 15 is 0 Å². The molecule has 0 bridgehead atoms. The molecule has 0 fully saturated rings. The standard InChI is InChI=1S/C22H21N5OS/c1-12-5-8-16(11-13(12)2)27-21(15-6-9-17(29-4)10-7-15)26-20-18(22(27)28)19(23)24-14(3)25-20/h5-11H,1-4H3,(H2,23,24,25). The summed E-state index contributed by atoms with van der Waals surface area (Å²) in [5.74, 6) is 1.15. The lowest BCUT2D eigenvalue weighted by atomic mass is 10.1. The van der Waals surface area contributed by atoms with Gasteiger partial charge in [-0.25, -0.2) is 15.0 Å². The molecule has 0 aliphatic carbocycles. The summed E-state index contributed by atoms with van der Waals surface area (Å²) in [6.45, 7) is 5.79. The average molecular weight is 404 g/mol. The molecule has 6 nitrogen and oxygen atoms in total. The van der Waals surface area contributed by atoms with Gasteiger partial charge in [0.25, 0.3) is 5.56 Å². The predicted octanol–water partition coefficient (Wildman–Crippen LogP) is 4.07. The fourth-order valence-corrected chi connectivity index (χ4v) is 3.67. The predicted molar refractivity (Wildman–Crippen MR) is 119 cm³/mol. The molecular formula is C22H21N5OS. The topological polar surface area (TPSA) is 86.7 Å². The number of anilines is 1. The molecule has 2 aromatic heterocycles. The van der Waals surface area contributed by atoms with Crippen LogP contribution in [0.4, 0.5) is 5.82 Å². The Labute approximate surface area is 172 Å². The average Bonchev–Trinajstić information content (AvgIpc) is 2.69. The molecule has 0 aliphatic rings. The first-order chi connectivity index (χ1) is 13.9. The number of nitrogens with zero attached hydrogens (tertiary/aromatic N) is 4. The molecule has 4 rings (SSSR count). The van der Waals surface area contributed by atoms with E-state index in [0.717, 1.165) is 27.3 Å². The van der Waals surface area contributed by atoms with Crippen LogP contribution in [0.3, 0.4) is 0 Å². The molecule has 0 amide bonds. The van der Waals surface area contributed by atoms with Crippen molar-refractivity contribution in [2.75, 3.05) is 12.0 Å². The highest BCUT2D eigenvalue weighted by molar-refractivity contribution is 7.98. The maximum atomic E-state index is 13.5. The van der Waals surface area contributed by atoms with Gasteiger partial charge in [0.1, 0.15) is 22.9 Å². The normalized spacial score (nSPS) is 11.2. The van der Waals surface area contributed by atoms with Crippen molar-refractivity contribution in [1.29, 1.82) is 0 Å². The molecule has 0 atom stereocenters. The Morgan fingerprint density at radius 2 is 1.66 bits per heavy atom. The molecule has 0 unspecified atom stereocenters. The molecule has 0 aliphatic heterocycles. The number of rotatable bonds is 3. The van der Waals surface area contributed by atoms with Gasteiger partial charge in [0.05, 0.1) is 5.69 Å². The molecule has 2 N–H and O–H groups in total. The van der Waals surface area contributed by atoms with E-state index in [2.05, 4.69) is 9.97 Å². The Balaban J connectivity index is 2.11. The van der Waals surface area contributed by atoms with E-state index in [1.165, 1.54) is 0 Å². The van der Waals surface area contributed by atoms with Crippen LogP contribution in [0.25, 0.3) is 28.1 Å². The van der Waals surface area contributed by atoms with E-state index in [1.54, 1.807) is 23.3 Å². The van der Waals surface area contributed by atoms with Crippen LogP contribution in [0.15, 0.2) is 52.2 Å². The van der Waals surface area contributed by atoms with Crippen LogP contribution >= 0.6 is 11.8 Å². The lowest BCUT2D eigenvalue weighted by Gasteiger charge is -2.15. The summed E-state index contributed by atoms with van der Waals surface area (Å²) >= 11 is 1.66. The van der Waals surface area contributed by atoms with Crippen molar-refractivity contribution in [3.05, 3.63) is 69.8 Å². The van der Waals surface area contributed by atoms with E-state index in [4.69, 9.17) is 10.7 Å². The molecular weight excluding hydrogens is 382 g/mol. The van der Waals surface area contributed by atoms with Gasteiger partial charge in [-0.15, -0.1) is 11.8 Å². The number of nitrogens with two attached hydrogens (primary N) is 1. The third-order valence-corrected chi connectivity index (χ3v) is 5.71. The van der Waals surface area contributed by atoms with Crippen LogP contribution in [0.2, 0.25) is 0 Å². The Kier molecular flexibility index (Phi) is 4.84. The number of thioether (sulfide) groups is 1. The number of aromatic nitrogens is 4. The van der Waals surface area contributed by atoms with Gasteiger partial charge >= 0.3 is 0 Å². The highest BCUT2D eigenvalue weighted by Gasteiger charge is 2.18. The number of aryl methyl sites for hydroxylation is 3. The van der Waals surface area contributed by atoms with Crippen LogP contribution in [-0.2, 0) is 0 Å². The number of hydrogen-bond donors (Lipinski definition) is 1. The van der Waals surface area contributed by atoms with Crippen LogP contribution in [0.5, 0.6) is 0 Å². The third kappa shape index (κ3) is 3.38. The van der Waals surface area contributed by atoms with E-state index in [-0.39, 0.29) is 16.8 Å². The van der Waals surface area contributed by atoms with Crippen molar-refractivity contribution in [2.24, 2.45) is 0 Å². The molecule has 7 heteroatoms. The van der Waals surface area contributed by atoms with Crippen molar-refractivity contribution in [3.63, 3.8) is 0 Å². The molecule has 2 heterocycles. The highest BCUT2D eigenvalue weighted by atomic mass is 32.2. The lowest BCUT2D eigenvalue weighted by molar-refractivity contribution is 0.954. The van der Waals surface area contributed by atoms with Crippen molar-refractivity contribution in [3.8, 4) is 17.1 Å². The van der Waals surface area contributed by atoms with E-state index in [1.807, 2.05) is 62.6 Å². The second-order valence-corrected chi connectivity index (χ2v) is 7.81. The molecule has 0 saturated heterocycles. The van der Waals surface area contributed by atoms with Crippen molar-refractivity contribution >= 4 is 28.6 Å². The van der Waals surface area contributed by atoms with Crippen LogP contribution in [0, 0.1) is 20.8 Å². The van der Waals surface area contributed by atoms with Gasteiger partial charge < -0.3 is 5.73 Å². The van der Waals surface area contributed by atoms with Crippen molar-refractivity contribution in [2.45, 2.75) is 25.7 Å². The zero-order chi connectivity index (χ0) is 20.7. The zero-order valence-corrected chi connectivity index (χ0v) is 17.5. The number of fused-ring (bicyclic) bond motifs is 1. The summed E-state index contributed by atoms with van der Waals surface area (Å²) in [6.07, 6.45) is 2.02. The maximum Gasteiger partial charge on any atom is 0.271 e. The highest BCUT2D eigenvalue weighted by Crippen LogP contribution is 2.26.